The lowest BCUT2D eigenvalue weighted by molar-refractivity contribution is -0.167. The van der Waals surface area contributed by atoms with Crippen LogP contribution in [0.1, 0.15) is 336 Å². The van der Waals surface area contributed by atoms with Crippen molar-refractivity contribution in [1.29, 1.82) is 0 Å². The van der Waals surface area contributed by atoms with Gasteiger partial charge in [0.2, 0.25) is 0 Å². The predicted octanol–water partition coefficient (Wildman–Crippen LogP) is 19.4. The fourth-order valence-corrected chi connectivity index (χ4v) is 9.10. The lowest BCUT2D eigenvalue weighted by Crippen LogP contribution is -2.30. The normalized spacial score (nSPS) is 12.0. The molecule has 65 heavy (non-hydrogen) atoms. The second-order valence-electron chi connectivity index (χ2n) is 20.8. The second kappa shape index (κ2) is 53.4. The summed E-state index contributed by atoms with van der Waals surface area (Å²) in [6.45, 7) is 9.07. The van der Waals surface area contributed by atoms with Gasteiger partial charge in [-0.05, 0) is 25.2 Å². The molecule has 386 valence electrons. The number of hydrogen-bond acceptors (Lipinski definition) is 6. The monoisotopic (exact) mass is 919 g/mol. The molecule has 1 atom stereocenters. The summed E-state index contributed by atoms with van der Waals surface area (Å²) in [4.78, 5) is 38.1. The Kier molecular flexibility index (Phi) is 52.1. The van der Waals surface area contributed by atoms with Crippen molar-refractivity contribution in [3.8, 4) is 0 Å². The molecule has 0 heterocycles. The van der Waals surface area contributed by atoms with Crippen LogP contribution in [0.15, 0.2) is 0 Å². The number of carbonyl (C=O) groups is 3. The summed E-state index contributed by atoms with van der Waals surface area (Å²) in [6, 6.07) is 0. The summed E-state index contributed by atoms with van der Waals surface area (Å²) >= 11 is 0. The molecule has 0 aliphatic heterocycles. The minimum Gasteiger partial charge on any atom is -0.462 e. The van der Waals surface area contributed by atoms with Gasteiger partial charge in [-0.25, -0.2) is 0 Å². The van der Waals surface area contributed by atoms with Crippen molar-refractivity contribution in [1.82, 2.24) is 0 Å². The molecule has 0 N–H and O–H groups in total. The van der Waals surface area contributed by atoms with Crippen molar-refractivity contribution >= 4 is 17.9 Å². The number of unbranched alkanes of at least 4 members (excludes halogenated alkanes) is 41. The Morgan fingerprint density at radius 3 is 0.754 bits per heavy atom. The Morgan fingerprint density at radius 1 is 0.292 bits per heavy atom. The molecule has 0 aliphatic carbocycles. The largest absolute Gasteiger partial charge is 0.462 e. The van der Waals surface area contributed by atoms with E-state index in [4.69, 9.17) is 14.2 Å². The number of esters is 3. The highest BCUT2D eigenvalue weighted by molar-refractivity contribution is 5.71. The van der Waals surface area contributed by atoms with Gasteiger partial charge < -0.3 is 14.2 Å². The van der Waals surface area contributed by atoms with Gasteiger partial charge in [-0.15, -0.1) is 0 Å². The highest BCUT2D eigenvalue weighted by Gasteiger charge is 2.19. The van der Waals surface area contributed by atoms with E-state index in [2.05, 4.69) is 27.7 Å². The Balaban J connectivity index is 4.24. The van der Waals surface area contributed by atoms with Crippen molar-refractivity contribution in [3.63, 3.8) is 0 Å². The third-order valence-electron chi connectivity index (χ3n) is 13.5. The summed E-state index contributed by atoms with van der Waals surface area (Å²) < 4.78 is 16.9. The average Bonchev–Trinajstić information content (AvgIpc) is 3.29. The van der Waals surface area contributed by atoms with Gasteiger partial charge in [0.05, 0.1) is 0 Å². The minimum absolute atomic E-state index is 0.0617. The first-order chi connectivity index (χ1) is 31.9. The molecule has 0 unspecified atom stereocenters. The fourth-order valence-electron chi connectivity index (χ4n) is 9.10. The molecule has 0 aromatic carbocycles. The molecule has 6 nitrogen and oxygen atoms in total. The van der Waals surface area contributed by atoms with Crippen molar-refractivity contribution in [2.75, 3.05) is 13.2 Å². The molecule has 0 rings (SSSR count). The van der Waals surface area contributed by atoms with Crippen LogP contribution in [-0.4, -0.2) is 37.2 Å². The third-order valence-corrected chi connectivity index (χ3v) is 13.5. The van der Waals surface area contributed by atoms with E-state index >= 15 is 0 Å². The lowest BCUT2D eigenvalue weighted by atomic mass is 10.0. The predicted molar refractivity (Wildman–Crippen MR) is 280 cm³/mol. The first-order valence-corrected chi connectivity index (χ1v) is 29.4. The van der Waals surface area contributed by atoms with Crippen LogP contribution in [0.4, 0.5) is 0 Å². The molecule has 0 fully saturated rings. The fraction of sp³-hybridized carbons (Fsp3) is 0.949. The Hall–Kier alpha value is -1.59. The maximum Gasteiger partial charge on any atom is 0.306 e. The topological polar surface area (TPSA) is 78.9 Å². The van der Waals surface area contributed by atoms with E-state index in [9.17, 15) is 14.4 Å². The van der Waals surface area contributed by atoms with Crippen LogP contribution < -0.4 is 0 Å². The first kappa shape index (κ1) is 63.4. The minimum atomic E-state index is -0.761. The van der Waals surface area contributed by atoms with Crippen molar-refractivity contribution in [2.24, 2.45) is 5.92 Å². The molecule has 0 amide bonds. The van der Waals surface area contributed by atoms with Gasteiger partial charge in [-0.1, -0.05) is 297 Å². The zero-order valence-corrected chi connectivity index (χ0v) is 44.5. The maximum atomic E-state index is 12.9. The van der Waals surface area contributed by atoms with Gasteiger partial charge in [-0.2, -0.15) is 0 Å². The van der Waals surface area contributed by atoms with Crippen molar-refractivity contribution in [2.45, 2.75) is 342 Å². The molecule has 6 heteroatoms. The van der Waals surface area contributed by atoms with Gasteiger partial charge in [0.15, 0.2) is 6.10 Å². The number of carbonyl (C=O) groups excluding carboxylic acids is 3. The zero-order chi connectivity index (χ0) is 47.4. The van der Waals surface area contributed by atoms with E-state index in [1.54, 1.807) is 0 Å². The van der Waals surface area contributed by atoms with Crippen molar-refractivity contribution < 1.29 is 28.6 Å². The highest BCUT2D eigenvalue weighted by atomic mass is 16.6. The van der Waals surface area contributed by atoms with Gasteiger partial charge in [-0.3, -0.25) is 14.4 Å². The van der Waals surface area contributed by atoms with E-state index in [1.807, 2.05) is 0 Å². The molecule has 0 saturated heterocycles. The molecule has 0 radical (unpaired) electrons. The molecule has 0 aromatic heterocycles. The smallest absolute Gasteiger partial charge is 0.306 e. The van der Waals surface area contributed by atoms with Crippen LogP contribution >= 0.6 is 0 Å². The highest BCUT2D eigenvalue weighted by Crippen LogP contribution is 2.18. The first-order valence-electron chi connectivity index (χ1n) is 29.4. The van der Waals surface area contributed by atoms with Gasteiger partial charge in [0.1, 0.15) is 13.2 Å². The molecular formula is C59H114O6. The Morgan fingerprint density at radius 2 is 0.508 bits per heavy atom. The Bertz CT molecular complexity index is 980. The van der Waals surface area contributed by atoms with Crippen LogP contribution in [0, 0.1) is 5.92 Å². The SMILES string of the molecule is CCCCCCCCCCCCCCCCC(=O)OC[C@H](COC(=O)CCCCCCCCCCCCCC)OC(=O)CCCCCCCCCCCCCCCCCCCCC(C)C. The summed E-state index contributed by atoms with van der Waals surface area (Å²) in [5.74, 6) is 0.0239. The van der Waals surface area contributed by atoms with Crippen molar-refractivity contribution in [3.05, 3.63) is 0 Å². The molecule has 0 saturated carbocycles. The lowest BCUT2D eigenvalue weighted by Gasteiger charge is -2.18. The van der Waals surface area contributed by atoms with Crippen LogP contribution in [0.3, 0.4) is 0 Å². The standard InChI is InChI=1S/C59H114O6/c1-5-7-9-11-13-15-17-19-27-31-35-39-43-47-51-58(61)64-54-56(53-63-57(60)50-46-42-38-34-30-18-16-14-12-10-8-6-2)65-59(62)52-48-44-40-36-32-28-25-23-21-20-22-24-26-29-33-37-41-45-49-55(3)4/h55-56H,5-54H2,1-4H3/t56-/m0/s1. The summed E-state index contributed by atoms with van der Waals surface area (Å²) in [6.07, 6.45) is 58.1. The zero-order valence-electron chi connectivity index (χ0n) is 44.5. The van der Waals surface area contributed by atoms with E-state index in [-0.39, 0.29) is 31.1 Å². The van der Waals surface area contributed by atoms with Gasteiger partial charge in [0, 0.05) is 19.3 Å². The van der Waals surface area contributed by atoms with Crippen LogP contribution in [0.5, 0.6) is 0 Å². The maximum absolute atomic E-state index is 12.9. The molecular weight excluding hydrogens is 805 g/mol. The molecule has 0 bridgehead atoms. The molecule has 0 aliphatic rings. The number of hydrogen-bond donors (Lipinski definition) is 0. The summed E-state index contributed by atoms with van der Waals surface area (Å²) in [5.41, 5.74) is 0. The van der Waals surface area contributed by atoms with Crippen LogP contribution in [0.25, 0.3) is 0 Å². The molecule has 0 aromatic rings. The third kappa shape index (κ3) is 53.2. The average molecular weight is 920 g/mol. The van der Waals surface area contributed by atoms with E-state index in [0.29, 0.717) is 19.3 Å². The van der Waals surface area contributed by atoms with Gasteiger partial charge in [0.25, 0.3) is 0 Å². The Labute approximate surface area is 406 Å². The summed E-state index contributed by atoms with van der Waals surface area (Å²) in [5, 5.41) is 0. The van der Waals surface area contributed by atoms with Crippen LogP contribution in [-0.2, 0) is 28.6 Å². The van der Waals surface area contributed by atoms with Gasteiger partial charge >= 0.3 is 17.9 Å². The van der Waals surface area contributed by atoms with E-state index < -0.39 is 6.10 Å². The summed E-state index contributed by atoms with van der Waals surface area (Å²) in [7, 11) is 0. The van der Waals surface area contributed by atoms with E-state index in [1.165, 1.54) is 231 Å². The van der Waals surface area contributed by atoms with Crippen LogP contribution in [0.2, 0.25) is 0 Å². The molecule has 0 spiro atoms. The quantitative estimate of drug-likeness (QED) is 0.0344. The second-order valence-corrected chi connectivity index (χ2v) is 20.8. The number of ether oxygens (including phenoxy) is 3. The number of rotatable bonds is 54. The van der Waals surface area contributed by atoms with E-state index in [0.717, 1.165) is 63.7 Å².